The molecule has 5 heterocycles. The van der Waals surface area contributed by atoms with Crippen LogP contribution in [-0.4, -0.2) is 66.4 Å². The summed E-state index contributed by atoms with van der Waals surface area (Å²) in [7, 11) is 1.93. The summed E-state index contributed by atoms with van der Waals surface area (Å²) in [4.78, 5) is 27.0. The van der Waals surface area contributed by atoms with Crippen LogP contribution in [0.1, 0.15) is 45.4 Å². The average Bonchev–Trinajstić information content (AvgIpc) is 3.59. The Morgan fingerprint density at radius 2 is 2.02 bits per heavy atom. The number of carbonyl (C=O) groups excluding carboxylic acids is 1. The Morgan fingerprint density at radius 3 is 2.76 bits per heavy atom. The summed E-state index contributed by atoms with van der Waals surface area (Å²) < 4.78 is 23.0. The van der Waals surface area contributed by atoms with E-state index in [0.29, 0.717) is 47.2 Å². The van der Waals surface area contributed by atoms with E-state index in [1.807, 2.05) is 18.5 Å². The number of nitrogens with zero attached hydrogens (tertiary/aromatic N) is 7. The maximum absolute atomic E-state index is 12.8. The molecule has 0 aromatic carbocycles. The van der Waals surface area contributed by atoms with E-state index >= 15 is 0 Å². The molecule has 1 atom stereocenters. The lowest BCUT2D eigenvalue weighted by Gasteiger charge is -2.22. The first kappa shape index (κ1) is 28.5. The molecule has 1 aliphatic rings. The molecule has 1 fully saturated rings. The first-order chi connectivity index (χ1) is 19.5. The smallest absolute Gasteiger partial charge is 0.222 e. The van der Waals surface area contributed by atoms with E-state index in [1.54, 1.807) is 24.5 Å². The quantitative estimate of drug-likeness (QED) is 0.294. The van der Waals surface area contributed by atoms with E-state index in [9.17, 15) is 9.18 Å². The normalized spacial score (nSPS) is 15.9. The highest BCUT2D eigenvalue weighted by Gasteiger charge is 2.27. The summed E-state index contributed by atoms with van der Waals surface area (Å²) in [6.07, 6.45) is 4.26. The third kappa shape index (κ3) is 6.32. The number of amides is 1. The number of likely N-dealkylation sites (tertiary alicyclic amines) is 1. The highest BCUT2D eigenvalue weighted by molar-refractivity contribution is 5.87. The van der Waals surface area contributed by atoms with Gasteiger partial charge in [0, 0.05) is 68.6 Å². The number of ether oxygens (including phenoxy) is 1. The number of hydrogen-bond donors (Lipinski definition) is 2. The monoisotopic (exact) mass is 563 g/mol. The van der Waals surface area contributed by atoms with Crippen molar-refractivity contribution in [2.75, 3.05) is 36.9 Å². The van der Waals surface area contributed by atoms with Crippen LogP contribution in [0.25, 0.3) is 11.2 Å². The third-order valence-electron chi connectivity index (χ3n) is 7.36. The second kappa shape index (κ2) is 11.4. The number of carbonyl (C=O) groups is 1. The van der Waals surface area contributed by atoms with Crippen molar-refractivity contribution in [1.29, 1.82) is 0 Å². The first-order valence-corrected chi connectivity index (χ1v) is 13.9. The Kier molecular flexibility index (Phi) is 7.94. The van der Waals surface area contributed by atoms with Crippen molar-refractivity contribution in [1.82, 2.24) is 34.2 Å². The van der Waals surface area contributed by atoms with Crippen LogP contribution in [0.5, 0.6) is 11.5 Å². The maximum Gasteiger partial charge on any atom is 0.222 e. The van der Waals surface area contributed by atoms with E-state index in [-0.39, 0.29) is 18.0 Å². The fraction of sp³-hybridized carbons (Fsp3) is 0.483. The highest BCUT2D eigenvalue weighted by atomic mass is 19.1. The van der Waals surface area contributed by atoms with Gasteiger partial charge in [-0.2, -0.15) is 10.1 Å². The van der Waals surface area contributed by atoms with Crippen LogP contribution in [0.15, 0.2) is 30.6 Å². The number of aromatic nitrogens is 6. The number of imidazole rings is 1. The number of rotatable bonds is 9. The minimum absolute atomic E-state index is 0.104. The maximum atomic E-state index is 12.8. The second-order valence-corrected chi connectivity index (χ2v) is 11.7. The number of hydrogen-bond acceptors (Lipinski definition) is 8. The molecule has 12 heteroatoms. The van der Waals surface area contributed by atoms with Crippen molar-refractivity contribution in [3.05, 3.63) is 41.9 Å². The summed E-state index contributed by atoms with van der Waals surface area (Å²) in [5, 5.41) is 11.0. The molecule has 4 aromatic rings. The topological polar surface area (TPSA) is 115 Å². The van der Waals surface area contributed by atoms with E-state index in [2.05, 4.69) is 57.0 Å². The summed E-state index contributed by atoms with van der Waals surface area (Å²) in [6, 6.07) is 5.46. The van der Waals surface area contributed by atoms with Gasteiger partial charge in [-0.3, -0.25) is 9.48 Å². The predicted molar refractivity (Wildman–Crippen MR) is 157 cm³/mol. The van der Waals surface area contributed by atoms with Crippen molar-refractivity contribution >= 4 is 34.7 Å². The number of nitrogens with one attached hydrogen (secondary N) is 2. The van der Waals surface area contributed by atoms with Crippen LogP contribution >= 0.6 is 0 Å². The van der Waals surface area contributed by atoms with Gasteiger partial charge in [-0.15, -0.1) is 0 Å². The number of aryl methyl sites for hydroxylation is 2. The van der Waals surface area contributed by atoms with Gasteiger partial charge in [0.2, 0.25) is 11.9 Å². The third-order valence-corrected chi connectivity index (χ3v) is 7.36. The molecule has 218 valence electrons. The van der Waals surface area contributed by atoms with Crippen LogP contribution in [0.4, 0.5) is 22.0 Å². The molecule has 5 rings (SSSR count). The summed E-state index contributed by atoms with van der Waals surface area (Å²) in [5.41, 5.74) is 3.31. The Labute approximate surface area is 239 Å². The average molecular weight is 564 g/mol. The van der Waals surface area contributed by atoms with Gasteiger partial charge in [-0.1, -0.05) is 20.8 Å². The predicted octanol–water partition coefficient (Wildman–Crippen LogP) is 4.95. The first-order valence-electron chi connectivity index (χ1n) is 13.9. The molecule has 1 amide bonds. The Bertz CT molecular complexity index is 1560. The summed E-state index contributed by atoms with van der Waals surface area (Å²) in [5.74, 6) is 3.07. The molecule has 2 N–H and O–H groups in total. The van der Waals surface area contributed by atoms with Crippen LogP contribution in [0.3, 0.4) is 0 Å². The summed E-state index contributed by atoms with van der Waals surface area (Å²) >= 11 is 0. The number of anilines is 3. The van der Waals surface area contributed by atoms with Crippen LogP contribution in [-0.2, 0) is 23.8 Å². The molecule has 0 saturated carbocycles. The Balaban J connectivity index is 1.38. The lowest BCUT2D eigenvalue weighted by molar-refractivity contribution is -0.114. The van der Waals surface area contributed by atoms with Gasteiger partial charge in [0.15, 0.2) is 17.2 Å². The van der Waals surface area contributed by atoms with Gasteiger partial charge in [0.05, 0.1) is 11.7 Å². The van der Waals surface area contributed by atoms with Crippen LogP contribution in [0.2, 0.25) is 0 Å². The number of alkyl halides is 1. The highest BCUT2D eigenvalue weighted by Crippen LogP contribution is 2.33. The van der Waals surface area contributed by atoms with Crippen molar-refractivity contribution < 1.29 is 13.9 Å². The number of halogens is 1. The minimum atomic E-state index is -0.307. The number of pyridine rings is 2. The Morgan fingerprint density at radius 1 is 1.22 bits per heavy atom. The van der Waals surface area contributed by atoms with Crippen molar-refractivity contribution in [3.63, 3.8) is 0 Å². The standard InChI is InChI=1S/C29H38FN9O2/c1-18-22(41-21-7-10-31-24(13-21)33-19(2)40)15-32-27-26(18)37(6)28(35-27)34-25-14-23(29(3,4)5)39(36-25)17-20-8-11-38(16-20)12-9-30/h7,10,13-15,20H,8-9,11-12,16-17H2,1-6H3,(H,31,33,40)(H,32,34,35,36). The van der Waals surface area contributed by atoms with Gasteiger partial charge in [0.25, 0.3) is 0 Å². The summed E-state index contributed by atoms with van der Waals surface area (Å²) in [6.45, 7) is 12.7. The van der Waals surface area contributed by atoms with Crippen molar-refractivity contribution in [2.45, 2.75) is 53.0 Å². The molecule has 0 spiro atoms. The molecule has 0 radical (unpaired) electrons. The number of fused-ring (bicyclic) bond motifs is 1. The van der Waals surface area contributed by atoms with Gasteiger partial charge in [-0.25, -0.2) is 14.4 Å². The molecule has 1 aliphatic heterocycles. The van der Waals surface area contributed by atoms with E-state index in [1.165, 1.54) is 6.92 Å². The SMILES string of the molecule is CC(=O)Nc1cc(Oc2cnc3nc(Nc4cc(C(C)(C)C)n(CC5CCN(CCF)C5)n4)n(C)c3c2C)ccn1. The second-order valence-electron chi connectivity index (χ2n) is 11.7. The molecule has 11 nitrogen and oxygen atoms in total. The zero-order valence-corrected chi connectivity index (χ0v) is 24.5. The fourth-order valence-electron chi connectivity index (χ4n) is 5.36. The van der Waals surface area contributed by atoms with E-state index in [0.717, 1.165) is 42.8 Å². The van der Waals surface area contributed by atoms with Crippen LogP contribution < -0.4 is 15.4 Å². The molecule has 1 unspecified atom stereocenters. The lowest BCUT2D eigenvalue weighted by Crippen LogP contribution is -2.26. The van der Waals surface area contributed by atoms with Gasteiger partial charge >= 0.3 is 0 Å². The molecular formula is C29H38FN9O2. The largest absolute Gasteiger partial charge is 0.455 e. The fourth-order valence-corrected chi connectivity index (χ4v) is 5.36. The van der Waals surface area contributed by atoms with E-state index in [4.69, 9.17) is 14.8 Å². The van der Waals surface area contributed by atoms with Crippen molar-refractivity contribution in [3.8, 4) is 11.5 Å². The van der Waals surface area contributed by atoms with Gasteiger partial charge in [0.1, 0.15) is 18.2 Å². The Hall–Kier alpha value is -4.06. The van der Waals surface area contributed by atoms with Crippen molar-refractivity contribution in [2.24, 2.45) is 13.0 Å². The minimum Gasteiger partial charge on any atom is -0.455 e. The zero-order valence-electron chi connectivity index (χ0n) is 24.5. The molecule has 0 aliphatic carbocycles. The zero-order chi connectivity index (χ0) is 29.3. The van der Waals surface area contributed by atoms with Gasteiger partial charge < -0.3 is 24.8 Å². The molecule has 4 aromatic heterocycles. The molecular weight excluding hydrogens is 525 g/mol. The van der Waals surface area contributed by atoms with Gasteiger partial charge in [-0.05, 0) is 31.9 Å². The molecule has 1 saturated heterocycles. The van der Waals surface area contributed by atoms with Crippen LogP contribution in [0, 0.1) is 12.8 Å². The lowest BCUT2D eigenvalue weighted by atomic mass is 9.92. The van der Waals surface area contributed by atoms with E-state index < -0.39 is 0 Å². The molecule has 0 bridgehead atoms. The molecule has 41 heavy (non-hydrogen) atoms.